The highest BCUT2D eigenvalue weighted by Gasteiger charge is 2.37. The van der Waals surface area contributed by atoms with E-state index in [1.54, 1.807) is 13.0 Å². The lowest BCUT2D eigenvalue weighted by Gasteiger charge is -2.15. The molecule has 1 aliphatic carbocycles. The largest absolute Gasteiger partial charge is 0.478 e. The van der Waals surface area contributed by atoms with Crippen LogP contribution in [0.5, 0.6) is 0 Å². The van der Waals surface area contributed by atoms with Gasteiger partial charge in [-0.2, -0.15) is 26.3 Å². The zero-order valence-corrected chi connectivity index (χ0v) is 20.2. The van der Waals surface area contributed by atoms with Crippen molar-refractivity contribution in [2.45, 2.75) is 45.5 Å². The number of hydrogen-bond donors (Lipinski definition) is 2. The van der Waals surface area contributed by atoms with Crippen molar-refractivity contribution in [2.75, 3.05) is 7.05 Å². The number of allylic oxidation sites excluding steroid dienone is 7. The summed E-state index contributed by atoms with van der Waals surface area (Å²) in [6.45, 7) is 3.50. The molecule has 0 heterocycles. The highest BCUT2D eigenvalue weighted by Crippen LogP contribution is 2.36. The van der Waals surface area contributed by atoms with E-state index in [0.717, 1.165) is 11.6 Å². The summed E-state index contributed by atoms with van der Waals surface area (Å²) in [6.07, 6.45) is -2.47. The van der Waals surface area contributed by atoms with Gasteiger partial charge in [0.15, 0.2) is 0 Å². The van der Waals surface area contributed by atoms with Gasteiger partial charge in [0.1, 0.15) is 11.7 Å². The Labute approximate surface area is 209 Å². The van der Waals surface area contributed by atoms with Crippen molar-refractivity contribution in [3.8, 4) is 0 Å². The van der Waals surface area contributed by atoms with Crippen LogP contribution in [0.3, 0.4) is 0 Å². The lowest BCUT2D eigenvalue weighted by atomic mass is 9.99. The van der Waals surface area contributed by atoms with Crippen LogP contribution in [-0.2, 0) is 17.1 Å². The van der Waals surface area contributed by atoms with E-state index in [4.69, 9.17) is 0 Å². The summed E-state index contributed by atoms with van der Waals surface area (Å²) >= 11 is 0. The molecule has 0 amide bonds. The van der Waals surface area contributed by atoms with E-state index in [0.29, 0.717) is 30.5 Å². The van der Waals surface area contributed by atoms with Crippen LogP contribution in [0.2, 0.25) is 0 Å². The van der Waals surface area contributed by atoms with Crippen LogP contribution >= 0.6 is 0 Å². The molecule has 37 heavy (non-hydrogen) atoms. The molecule has 1 aromatic carbocycles. The first kappa shape index (κ1) is 29.6. The van der Waals surface area contributed by atoms with Gasteiger partial charge >= 0.3 is 18.3 Å². The van der Waals surface area contributed by atoms with Gasteiger partial charge in [0.05, 0.1) is 16.7 Å². The van der Waals surface area contributed by atoms with E-state index in [2.05, 4.69) is 10.3 Å². The molecule has 2 rings (SSSR count). The Kier molecular flexibility index (Phi) is 9.66. The van der Waals surface area contributed by atoms with Crippen molar-refractivity contribution in [3.63, 3.8) is 0 Å². The molecule has 0 aromatic heterocycles. The van der Waals surface area contributed by atoms with Crippen LogP contribution in [0, 0.1) is 0 Å². The Balaban J connectivity index is 2.52. The lowest BCUT2D eigenvalue weighted by Crippen LogP contribution is -2.22. The van der Waals surface area contributed by atoms with Crippen molar-refractivity contribution < 1.29 is 40.6 Å². The van der Waals surface area contributed by atoms with Gasteiger partial charge in [-0.1, -0.05) is 25.5 Å². The van der Waals surface area contributed by atoms with Crippen molar-refractivity contribution in [2.24, 2.45) is 4.99 Å². The fourth-order valence-corrected chi connectivity index (χ4v) is 3.39. The number of halogens is 7. The Bertz CT molecular complexity index is 1180. The second kappa shape index (κ2) is 12.1. The number of amidine groups is 1. The van der Waals surface area contributed by atoms with E-state index >= 15 is 0 Å². The maximum Gasteiger partial charge on any atom is 0.416 e. The van der Waals surface area contributed by atoms with E-state index in [1.807, 2.05) is 6.92 Å². The van der Waals surface area contributed by atoms with Gasteiger partial charge in [-0.15, -0.1) is 0 Å². The number of aliphatic imine (C=N–C) groups is 1. The number of alkyl halides is 6. The summed E-state index contributed by atoms with van der Waals surface area (Å²) in [5, 5.41) is 12.3. The van der Waals surface area contributed by atoms with Gasteiger partial charge in [-0.25, -0.2) is 9.18 Å². The Morgan fingerprint density at radius 2 is 1.65 bits per heavy atom. The SMILES string of the molecule is CCC(=CNC(=NC)c1cc(C(F)(F)F)cc(C(F)(F)F)c1)/C=C(/C(=O)O)C1=CC(F)=CCC(CC)=C1. The van der Waals surface area contributed by atoms with Crippen LogP contribution in [0.4, 0.5) is 30.7 Å². The predicted octanol–water partition coefficient (Wildman–Crippen LogP) is 7.52. The van der Waals surface area contributed by atoms with E-state index in [1.165, 1.54) is 25.4 Å². The van der Waals surface area contributed by atoms with Gasteiger partial charge in [-0.05, 0) is 66.8 Å². The molecule has 0 fully saturated rings. The third-order valence-electron chi connectivity index (χ3n) is 5.42. The molecule has 0 bridgehead atoms. The third-order valence-corrected chi connectivity index (χ3v) is 5.42. The zero-order chi connectivity index (χ0) is 28.0. The topological polar surface area (TPSA) is 61.7 Å². The second-order valence-electron chi connectivity index (χ2n) is 8.00. The summed E-state index contributed by atoms with van der Waals surface area (Å²) in [5.41, 5.74) is -2.46. The van der Waals surface area contributed by atoms with Gasteiger partial charge < -0.3 is 10.4 Å². The summed E-state index contributed by atoms with van der Waals surface area (Å²) in [5.74, 6) is -2.25. The molecule has 0 spiro atoms. The predicted molar refractivity (Wildman–Crippen MR) is 126 cm³/mol. The van der Waals surface area contributed by atoms with Crippen molar-refractivity contribution in [3.05, 3.63) is 93.5 Å². The molecule has 2 N–H and O–H groups in total. The summed E-state index contributed by atoms with van der Waals surface area (Å²) in [7, 11) is 1.18. The first-order chi connectivity index (χ1) is 17.2. The smallest absolute Gasteiger partial charge is 0.416 e. The average Bonchev–Trinajstić information content (AvgIpc) is 3.00. The highest BCUT2D eigenvalue weighted by molar-refractivity contribution is 6.00. The van der Waals surface area contributed by atoms with Gasteiger partial charge in [-0.3, -0.25) is 4.99 Å². The molecule has 200 valence electrons. The van der Waals surface area contributed by atoms with Crippen molar-refractivity contribution in [1.29, 1.82) is 0 Å². The highest BCUT2D eigenvalue weighted by atomic mass is 19.4. The number of hydrogen-bond acceptors (Lipinski definition) is 2. The number of carboxylic acid groups (broad SMARTS) is 1. The summed E-state index contributed by atoms with van der Waals surface area (Å²) in [4.78, 5) is 15.7. The number of rotatable bonds is 7. The number of nitrogens with one attached hydrogen (secondary N) is 1. The normalized spacial score (nSPS) is 16.1. The van der Waals surface area contributed by atoms with E-state index in [-0.39, 0.29) is 29.5 Å². The molecule has 0 aliphatic heterocycles. The first-order valence-corrected chi connectivity index (χ1v) is 11.1. The number of aliphatic carboxylic acids is 1. The minimum atomic E-state index is -5.03. The lowest BCUT2D eigenvalue weighted by molar-refractivity contribution is -0.143. The first-order valence-electron chi connectivity index (χ1n) is 11.1. The fraction of sp³-hybridized carbons (Fsp3) is 0.308. The molecule has 1 aromatic rings. The minimum absolute atomic E-state index is 0.0120. The van der Waals surface area contributed by atoms with Gasteiger partial charge in [0.2, 0.25) is 0 Å². The van der Waals surface area contributed by atoms with Crippen LogP contribution in [-0.4, -0.2) is 24.0 Å². The number of carboxylic acids is 1. The number of nitrogens with zero attached hydrogens (tertiary/aromatic N) is 1. The molecule has 0 saturated carbocycles. The summed E-state index contributed by atoms with van der Waals surface area (Å²) < 4.78 is 93.5. The molecule has 11 heteroatoms. The monoisotopic (exact) mass is 530 g/mol. The molecule has 1 aliphatic rings. The Morgan fingerprint density at radius 3 is 2.11 bits per heavy atom. The van der Waals surface area contributed by atoms with Crippen LogP contribution in [0.1, 0.15) is 49.8 Å². The van der Waals surface area contributed by atoms with Crippen LogP contribution < -0.4 is 5.32 Å². The van der Waals surface area contributed by atoms with Crippen LogP contribution in [0.25, 0.3) is 0 Å². The Morgan fingerprint density at radius 1 is 1.05 bits per heavy atom. The molecule has 0 unspecified atom stereocenters. The van der Waals surface area contributed by atoms with Crippen LogP contribution in [0.15, 0.2) is 81.8 Å². The fourth-order valence-electron chi connectivity index (χ4n) is 3.39. The number of carbonyl (C=O) groups is 1. The van der Waals surface area contributed by atoms with Crippen molar-refractivity contribution >= 4 is 11.8 Å². The second-order valence-corrected chi connectivity index (χ2v) is 8.00. The average molecular weight is 530 g/mol. The Hall–Kier alpha value is -3.63. The maximum atomic E-state index is 14.1. The molecule has 0 saturated heterocycles. The third kappa shape index (κ3) is 8.19. The molecule has 4 nitrogen and oxygen atoms in total. The molecule has 0 radical (unpaired) electrons. The van der Waals surface area contributed by atoms with E-state index in [9.17, 15) is 40.6 Å². The quantitative estimate of drug-likeness (QED) is 0.126. The maximum absolute atomic E-state index is 14.1. The van der Waals surface area contributed by atoms with Gasteiger partial charge in [0.25, 0.3) is 0 Å². The minimum Gasteiger partial charge on any atom is -0.478 e. The molecule has 0 atom stereocenters. The zero-order valence-electron chi connectivity index (χ0n) is 20.2. The van der Waals surface area contributed by atoms with E-state index < -0.39 is 40.8 Å². The van der Waals surface area contributed by atoms with Crippen molar-refractivity contribution in [1.82, 2.24) is 5.32 Å². The van der Waals surface area contributed by atoms with Gasteiger partial charge in [0, 0.05) is 18.8 Å². The standard InChI is InChI=1S/C26H25F7N2O2/c1-4-15-6-7-21(27)12-17(8-15)22(24(36)37)9-16(5-2)14-35-23(34-3)18-10-19(25(28,29)30)13-20(11-18)26(31,32)33/h7-14H,4-6H2,1-3H3,(H,34,35)(H,36,37)/b16-14?,22-9+. The summed E-state index contributed by atoms with van der Waals surface area (Å²) in [6, 6.07) is 1.08. The number of benzene rings is 1. The molecular formula is C26H25F7N2O2. The molecular weight excluding hydrogens is 505 g/mol.